The number of ether oxygens (including phenoxy) is 2. The summed E-state index contributed by atoms with van der Waals surface area (Å²) in [5.41, 5.74) is 0.795. The zero-order chi connectivity index (χ0) is 15.7. The van der Waals surface area contributed by atoms with Gasteiger partial charge in [-0.05, 0) is 25.0 Å². The monoisotopic (exact) mass is 317 g/mol. The van der Waals surface area contributed by atoms with Crippen molar-refractivity contribution in [3.05, 3.63) is 18.2 Å². The molecule has 0 radical (unpaired) electrons. The molecule has 4 rings (SSSR count). The van der Waals surface area contributed by atoms with Crippen molar-refractivity contribution in [3.63, 3.8) is 0 Å². The van der Waals surface area contributed by atoms with E-state index in [9.17, 15) is 4.79 Å². The Hall–Kier alpha value is -1.75. The van der Waals surface area contributed by atoms with Crippen molar-refractivity contribution in [2.75, 3.05) is 25.0 Å². The molecule has 1 aliphatic carbocycles. The number of rotatable bonds is 3. The molecule has 0 bridgehead atoms. The lowest BCUT2D eigenvalue weighted by molar-refractivity contribution is -0.878. The third-order valence-corrected chi connectivity index (χ3v) is 5.16. The summed E-state index contributed by atoms with van der Waals surface area (Å²) in [5.74, 6) is 1.18. The first-order valence-electron chi connectivity index (χ1n) is 8.88. The molecule has 1 saturated carbocycles. The maximum atomic E-state index is 12.2. The van der Waals surface area contributed by atoms with Crippen molar-refractivity contribution in [2.24, 2.45) is 0 Å². The molecule has 1 aromatic rings. The lowest BCUT2D eigenvalue weighted by Crippen LogP contribution is -3.11. The quantitative estimate of drug-likeness (QED) is 0.893. The Bertz CT molecular complexity index is 590. The molecular formula is C18H25N2O3+. The Morgan fingerprint density at radius 3 is 2.57 bits per heavy atom. The van der Waals surface area contributed by atoms with E-state index in [0.29, 0.717) is 6.54 Å². The van der Waals surface area contributed by atoms with Crippen molar-refractivity contribution >= 4 is 11.6 Å². The van der Waals surface area contributed by atoms with E-state index in [1.165, 1.54) is 24.2 Å². The van der Waals surface area contributed by atoms with Crippen molar-refractivity contribution in [1.82, 2.24) is 0 Å². The van der Waals surface area contributed by atoms with Crippen LogP contribution in [0.2, 0.25) is 0 Å². The maximum Gasteiger partial charge on any atom is 0.279 e. The molecule has 2 aliphatic heterocycles. The van der Waals surface area contributed by atoms with Gasteiger partial charge in [-0.15, -0.1) is 0 Å². The lowest BCUT2D eigenvalue weighted by Gasteiger charge is -2.31. The van der Waals surface area contributed by atoms with Crippen molar-refractivity contribution in [3.8, 4) is 11.5 Å². The Labute approximate surface area is 136 Å². The number of carbonyl (C=O) groups is 1. The Balaban J connectivity index is 1.40. The van der Waals surface area contributed by atoms with E-state index >= 15 is 0 Å². The predicted octanol–water partition coefficient (Wildman–Crippen LogP) is 1.74. The highest BCUT2D eigenvalue weighted by Gasteiger charge is 2.42. The van der Waals surface area contributed by atoms with E-state index in [2.05, 4.69) is 5.32 Å². The number of amides is 1. The summed E-state index contributed by atoms with van der Waals surface area (Å²) in [7, 11) is 0. The summed E-state index contributed by atoms with van der Waals surface area (Å²) >= 11 is 0. The highest BCUT2D eigenvalue weighted by Crippen LogP contribution is 2.46. The average molecular weight is 317 g/mol. The topological polar surface area (TPSA) is 52.0 Å². The van der Waals surface area contributed by atoms with E-state index in [-0.39, 0.29) is 5.91 Å². The molecule has 0 atom stereocenters. The molecule has 0 aromatic heterocycles. The fourth-order valence-electron chi connectivity index (χ4n) is 3.95. The van der Waals surface area contributed by atoms with Crippen LogP contribution in [0.1, 0.15) is 44.9 Å². The Kier molecular flexibility index (Phi) is 3.89. The molecule has 5 nitrogen and oxygen atoms in total. The summed E-state index contributed by atoms with van der Waals surface area (Å²) in [6, 6.07) is 5.72. The zero-order valence-corrected chi connectivity index (χ0v) is 13.5. The van der Waals surface area contributed by atoms with Crippen molar-refractivity contribution < 1.29 is 19.2 Å². The number of carbonyl (C=O) groups excluding carboxylic acids is 1. The molecule has 1 saturated heterocycles. The Morgan fingerprint density at radius 2 is 1.78 bits per heavy atom. The SMILES string of the molecule is O=C(C[NH+]1CCCC1)Nc1ccc2c(c1)OC1(CCCCC1)O2. The summed E-state index contributed by atoms with van der Waals surface area (Å²) in [6.07, 6.45) is 7.91. The first-order valence-corrected chi connectivity index (χ1v) is 8.88. The van der Waals surface area contributed by atoms with Crippen LogP contribution in [0.25, 0.3) is 0 Å². The van der Waals surface area contributed by atoms with Crippen molar-refractivity contribution in [1.29, 1.82) is 0 Å². The van der Waals surface area contributed by atoms with Gasteiger partial charge in [0, 0.05) is 37.4 Å². The number of benzene rings is 1. The fourth-order valence-corrected chi connectivity index (χ4v) is 3.95. The van der Waals surface area contributed by atoms with E-state index in [0.717, 1.165) is 56.0 Å². The van der Waals surface area contributed by atoms with Crippen LogP contribution in [0.15, 0.2) is 18.2 Å². The number of hydrogen-bond acceptors (Lipinski definition) is 3. The molecule has 23 heavy (non-hydrogen) atoms. The highest BCUT2D eigenvalue weighted by molar-refractivity contribution is 5.91. The molecule has 0 unspecified atom stereocenters. The van der Waals surface area contributed by atoms with Crippen LogP contribution >= 0.6 is 0 Å². The molecule has 1 spiro atoms. The maximum absolute atomic E-state index is 12.2. The van der Waals surface area contributed by atoms with Gasteiger partial charge in [-0.3, -0.25) is 4.79 Å². The third-order valence-electron chi connectivity index (χ3n) is 5.16. The summed E-state index contributed by atoms with van der Waals surface area (Å²) in [5, 5.41) is 2.99. The molecule has 2 heterocycles. The molecule has 124 valence electrons. The zero-order valence-electron chi connectivity index (χ0n) is 13.5. The van der Waals surface area contributed by atoms with Crippen LogP contribution < -0.4 is 19.7 Å². The molecular weight excluding hydrogens is 292 g/mol. The average Bonchev–Trinajstić information content (AvgIpc) is 3.15. The summed E-state index contributed by atoms with van der Waals surface area (Å²) in [4.78, 5) is 13.5. The van der Waals surface area contributed by atoms with Crippen molar-refractivity contribution in [2.45, 2.75) is 50.7 Å². The first kappa shape index (κ1) is 14.8. The second kappa shape index (κ2) is 6.04. The highest BCUT2D eigenvalue weighted by atomic mass is 16.7. The van der Waals surface area contributed by atoms with Gasteiger partial charge in [0.2, 0.25) is 0 Å². The molecule has 3 aliphatic rings. The third kappa shape index (κ3) is 3.15. The molecule has 2 fully saturated rings. The number of quaternary nitrogens is 1. The van der Waals surface area contributed by atoms with Gasteiger partial charge in [0.15, 0.2) is 18.0 Å². The van der Waals surface area contributed by atoms with Gasteiger partial charge in [0.25, 0.3) is 11.7 Å². The van der Waals surface area contributed by atoms with Crippen LogP contribution in [0.4, 0.5) is 5.69 Å². The summed E-state index contributed by atoms with van der Waals surface area (Å²) < 4.78 is 12.2. The molecule has 5 heteroatoms. The molecule has 2 N–H and O–H groups in total. The standard InChI is InChI=1S/C18H24N2O3/c21-17(13-20-10-4-5-11-20)19-14-6-7-15-16(12-14)23-18(22-15)8-2-1-3-9-18/h6-7,12H,1-5,8-11,13H2,(H,19,21)/p+1. The minimum absolute atomic E-state index is 0.0770. The van der Waals surface area contributed by atoms with Gasteiger partial charge in [-0.25, -0.2) is 0 Å². The summed E-state index contributed by atoms with van der Waals surface area (Å²) in [6.45, 7) is 2.77. The number of fused-ring (bicyclic) bond motifs is 1. The second-order valence-corrected chi connectivity index (χ2v) is 7.02. The lowest BCUT2D eigenvalue weighted by atomic mass is 9.94. The van der Waals surface area contributed by atoms with Gasteiger partial charge >= 0.3 is 0 Å². The predicted molar refractivity (Wildman–Crippen MR) is 86.9 cm³/mol. The van der Waals surface area contributed by atoms with Crippen LogP contribution in [0.3, 0.4) is 0 Å². The van der Waals surface area contributed by atoms with Gasteiger partial charge in [0.1, 0.15) is 0 Å². The second-order valence-electron chi connectivity index (χ2n) is 7.02. The van der Waals surface area contributed by atoms with E-state index in [4.69, 9.17) is 9.47 Å². The van der Waals surface area contributed by atoms with Crippen LogP contribution in [0.5, 0.6) is 11.5 Å². The molecule has 1 aromatic carbocycles. The smallest absolute Gasteiger partial charge is 0.279 e. The number of nitrogens with one attached hydrogen (secondary N) is 2. The van der Waals surface area contributed by atoms with Gasteiger partial charge in [-0.1, -0.05) is 6.42 Å². The number of likely N-dealkylation sites (tertiary alicyclic amines) is 1. The minimum atomic E-state index is -0.455. The van der Waals surface area contributed by atoms with Crippen LogP contribution in [-0.2, 0) is 4.79 Å². The van der Waals surface area contributed by atoms with Gasteiger partial charge < -0.3 is 19.7 Å². The van der Waals surface area contributed by atoms with Gasteiger partial charge in [0.05, 0.1) is 13.1 Å². The Morgan fingerprint density at radius 1 is 1.04 bits per heavy atom. The fraction of sp³-hybridized carbons (Fsp3) is 0.611. The van der Waals surface area contributed by atoms with E-state index < -0.39 is 5.79 Å². The first-order chi connectivity index (χ1) is 11.2. The minimum Gasteiger partial charge on any atom is -0.448 e. The van der Waals surface area contributed by atoms with Crippen LogP contribution in [0, 0.1) is 0 Å². The normalized spacial score (nSPS) is 22.4. The van der Waals surface area contributed by atoms with Crippen LogP contribution in [-0.4, -0.2) is 31.3 Å². The molecule has 1 amide bonds. The largest absolute Gasteiger partial charge is 0.448 e. The van der Waals surface area contributed by atoms with E-state index in [1.54, 1.807) is 0 Å². The van der Waals surface area contributed by atoms with Gasteiger partial charge in [-0.2, -0.15) is 0 Å². The van der Waals surface area contributed by atoms with E-state index in [1.807, 2.05) is 18.2 Å². The number of hydrogen-bond donors (Lipinski definition) is 2. The number of anilines is 1.